The molecule has 0 saturated carbocycles. The molecular formula is C66H122O12. The van der Waals surface area contributed by atoms with Crippen LogP contribution in [-0.4, -0.2) is 74.5 Å². The van der Waals surface area contributed by atoms with Crippen LogP contribution in [0.2, 0.25) is 0 Å². The van der Waals surface area contributed by atoms with Gasteiger partial charge in [-0.2, -0.15) is 0 Å². The fourth-order valence-electron chi connectivity index (χ4n) is 9.69. The molecule has 0 radical (unpaired) electrons. The molecule has 0 aliphatic rings. The van der Waals surface area contributed by atoms with Gasteiger partial charge in [0.15, 0.2) is 12.2 Å². The highest BCUT2D eigenvalue weighted by atomic mass is 16.6. The lowest BCUT2D eigenvalue weighted by molar-refractivity contribution is -0.168. The molecule has 0 heterocycles. The average molecular weight is 1110 g/mol. The minimum atomic E-state index is -0.986. The van der Waals surface area contributed by atoms with Crippen LogP contribution in [0.4, 0.5) is 0 Å². The summed E-state index contributed by atoms with van der Waals surface area (Å²) in [5, 5.41) is 0. The Kier molecular flexibility index (Phi) is 57.5. The van der Waals surface area contributed by atoms with Crippen molar-refractivity contribution in [3.05, 3.63) is 0 Å². The third kappa shape index (κ3) is 56.1. The maximum atomic E-state index is 12.9. The summed E-state index contributed by atoms with van der Waals surface area (Å²) in [6, 6.07) is 0. The van der Waals surface area contributed by atoms with Gasteiger partial charge >= 0.3 is 35.8 Å². The Morgan fingerprint density at radius 3 is 0.551 bits per heavy atom. The van der Waals surface area contributed by atoms with E-state index in [-0.39, 0.29) is 76.9 Å². The van der Waals surface area contributed by atoms with Crippen molar-refractivity contribution in [3.63, 3.8) is 0 Å². The van der Waals surface area contributed by atoms with Crippen molar-refractivity contribution in [1.29, 1.82) is 0 Å². The highest BCUT2D eigenvalue weighted by molar-refractivity contribution is 5.78. The van der Waals surface area contributed by atoms with E-state index in [2.05, 4.69) is 27.7 Å². The minimum absolute atomic E-state index is 0.217. The van der Waals surface area contributed by atoms with Crippen LogP contribution in [0, 0.1) is 0 Å². The zero-order chi connectivity index (χ0) is 57.0. The Hall–Kier alpha value is -3.18. The van der Waals surface area contributed by atoms with Gasteiger partial charge in [0.1, 0.15) is 26.4 Å². The number of rotatable bonds is 61. The predicted molar refractivity (Wildman–Crippen MR) is 317 cm³/mol. The molecule has 0 aromatic heterocycles. The highest BCUT2D eigenvalue weighted by Gasteiger charge is 2.22. The second kappa shape index (κ2) is 59.9. The molecule has 458 valence electrons. The van der Waals surface area contributed by atoms with Gasteiger partial charge in [-0.25, -0.2) is 0 Å². The molecule has 12 nitrogen and oxygen atoms in total. The molecule has 0 saturated heterocycles. The molecule has 78 heavy (non-hydrogen) atoms. The summed E-state index contributed by atoms with van der Waals surface area (Å²) in [4.78, 5) is 77.1. The van der Waals surface area contributed by atoms with E-state index in [0.29, 0.717) is 12.8 Å². The normalized spacial score (nSPS) is 12.0. The highest BCUT2D eigenvalue weighted by Crippen LogP contribution is 2.17. The molecule has 0 aromatic rings. The molecule has 0 spiro atoms. The SMILES string of the molecule is CCCCCCCCCCCCCC(=O)OCC(COC(=O)CCC(=O)OCC(COC(=O)CCCCCCCCCCCCC)OC(=O)CCCCCCCCCCCCC)OC(=O)CCCCCCCCCCCCC. The third-order valence-electron chi connectivity index (χ3n) is 14.8. The molecule has 2 unspecified atom stereocenters. The minimum Gasteiger partial charge on any atom is -0.462 e. The lowest BCUT2D eigenvalue weighted by Crippen LogP contribution is -2.31. The summed E-state index contributed by atoms with van der Waals surface area (Å²) >= 11 is 0. The van der Waals surface area contributed by atoms with E-state index in [9.17, 15) is 28.8 Å². The second-order valence-corrected chi connectivity index (χ2v) is 22.6. The molecule has 0 bridgehead atoms. The van der Waals surface area contributed by atoms with Crippen LogP contribution in [0.25, 0.3) is 0 Å². The number of carbonyl (C=O) groups excluding carboxylic acids is 6. The number of hydrogen-bond acceptors (Lipinski definition) is 12. The van der Waals surface area contributed by atoms with Crippen molar-refractivity contribution < 1.29 is 57.2 Å². The van der Waals surface area contributed by atoms with Crippen LogP contribution in [0.1, 0.15) is 349 Å². The molecule has 0 aliphatic heterocycles. The maximum absolute atomic E-state index is 12.9. The lowest BCUT2D eigenvalue weighted by Gasteiger charge is -2.19. The fraction of sp³-hybridized carbons (Fsp3) is 0.909. The van der Waals surface area contributed by atoms with Gasteiger partial charge in [0.2, 0.25) is 0 Å². The predicted octanol–water partition coefficient (Wildman–Crippen LogP) is 18.6. The monoisotopic (exact) mass is 1110 g/mol. The molecule has 0 rings (SSSR count). The van der Waals surface area contributed by atoms with Gasteiger partial charge in [-0.15, -0.1) is 0 Å². The van der Waals surface area contributed by atoms with E-state index in [1.807, 2.05) is 0 Å². The first-order valence-electron chi connectivity index (χ1n) is 33.2. The van der Waals surface area contributed by atoms with Crippen molar-refractivity contribution >= 4 is 35.8 Å². The van der Waals surface area contributed by atoms with Gasteiger partial charge in [0.25, 0.3) is 0 Å². The molecule has 0 amide bonds. The van der Waals surface area contributed by atoms with Crippen molar-refractivity contribution in [3.8, 4) is 0 Å². The smallest absolute Gasteiger partial charge is 0.306 e. The van der Waals surface area contributed by atoms with Crippen molar-refractivity contribution in [1.82, 2.24) is 0 Å². The van der Waals surface area contributed by atoms with Crippen molar-refractivity contribution in [2.24, 2.45) is 0 Å². The maximum Gasteiger partial charge on any atom is 0.306 e. The summed E-state index contributed by atoms with van der Waals surface area (Å²) in [5.74, 6) is -3.07. The Bertz CT molecular complexity index is 1280. The summed E-state index contributed by atoms with van der Waals surface area (Å²) in [5.41, 5.74) is 0. The van der Waals surface area contributed by atoms with Gasteiger partial charge in [0.05, 0.1) is 12.8 Å². The van der Waals surface area contributed by atoms with E-state index in [0.717, 1.165) is 89.9 Å². The largest absolute Gasteiger partial charge is 0.462 e. The third-order valence-corrected chi connectivity index (χ3v) is 14.8. The van der Waals surface area contributed by atoms with Crippen LogP contribution < -0.4 is 0 Å². The van der Waals surface area contributed by atoms with Crippen LogP contribution in [0.15, 0.2) is 0 Å². The second-order valence-electron chi connectivity index (χ2n) is 22.6. The standard InChI is InChI=1S/C66H122O12/c1-5-9-13-17-21-25-29-33-37-41-45-49-61(67)73-55-59(77-65(71)51-47-43-39-35-31-27-23-19-15-11-7-3)57-75-63(69)53-54-64(70)76-58-60(78-66(72)52-48-44-40-36-32-28-24-20-16-12-8-4)56-74-62(68)50-46-42-38-34-30-26-22-18-14-10-6-2/h59-60H,5-58H2,1-4H3. The van der Waals surface area contributed by atoms with E-state index in [4.69, 9.17) is 28.4 Å². The zero-order valence-corrected chi connectivity index (χ0v) is 51.2. The lowest BCUT2D eigenvalue weighted by atomic mass is 10.1. The fourth-order valence-corrected chi connectivity index (χ4v) is 9.69. The molecule has 12 heteroatoms. The van der Waals surface area contributed by atoms with Crippen LogP contribution >= 0.6 is 0 Å². The summed E-state index contributed by atoms with van der Waals surface area (Å²) in [6.45, 7) is 7.80. The molecule has 2 atom stereocenters. The molecular weight excluding hydrogens is 985 g/mol. The summed E-state index contributed by atoms with van der Waals surface area (Å²) < 4.78 is 33.3. The first-order valence-corrected chi connectivity index (χ1v) is 33.2. The number of ether oxygens (including phenoxy) is 6. The molecule has 0 aliphatic carbocycles. The number of hydrogen-bond donors (Lipinski definition) is 0. The number of esters is 6. The summed E-state index contributed by atoms with van der Waals surface area (Å²) in [7, 11) is 0. The topological polar surface area (TPSA) is 158 Å². The Morgan fingerprint density at radius 1 is 0.205 bits per heavy atom. The Labute approximate surface area is 478 Å². The van der Waals surface area contributed by atoms with E-state index in [1.54, 1.807) is 0 Å². The van der Waals surface area contributed by atoms with Gasteiger partial charge in [-0.05, 0) is 25.7 Å². The van der Waals surface area contributed by atoms with Crippen LogP contribution in [-0.2, 0) is 57.2 Å². The Morgan fingerprint density at radius 2 is 0.359 bits per heavy atom. The molecule has 0 N–H and O–H groups in total. The van der Waals surface area contributed by atoms with Gasteiger partial charge < -0.3 is 28.4 Å². The van der Waals surface area contributed by atoms with Crippen molar-refractivity contribution in [2.45, 2.75) is 361 Å². The van der Waals surface area contributed by atoms with Gasteiger partial charge in [0, 0.05) is 25.7 Å². The van der Waals surface area contributed by atoms with Crippen LogP contribution in [0.5, 0.6) is 0 Å². The molecule has 0 aromatic carbocycles. The van der Waals surface area contributed by atoms with E-state index >= 15 is 0 Å². The van der Waals surface area contributed by atoms with Crippen LogP contribution in [0.3, 0.4) is 0 Å². The first kappa shape index (κ1) is 74.8. The zero-order valence-electron chi connectivity index (χ0n) is 51.2. The van der Waals surface area contributed by atoms with Gasteiger partial charge in [-0.1, -0.05) is 285 Å². The quantitative estimate of drug-likeness (QED) is 0.0323. The number of unbranched alkanes of at least 4 members (excludes halogenated alkanes) is 40. The summed E-state index contributed by atoms with van der Waals surface area (Å²) in [6.07, 6.45) is 49.6. The van der Waals surface area contributed by atoms with E-state index in [1.165, 1.54) is 180 Å². The van der Waals surface area contributed by atoms with Gasteiger partial charge in [-0.3, -0.25) is 28.8 Å². The first-order chi connectivity index (χ1) is 38.1. The average Bonchev–Trinajstić information content (AvgIpc) is 3.43. The van der Waals surface area contributed by atoms with Crippen molar-refractivity contribution in [2.75, 3.05) is 26.4 Å². The number of carbonyl (C=O) groups is 6. The Balaban J connectivity index is 5.11. The molecule has 0 fully saturated rings. The van der Waals surface area contributed by atoms with E-state index < -0.39 is 36.1 Å².